The molecule has 120 valence electrons. The molecule has 0 amide bonds. The minimum Gasteiger partial charge on any atom is -0.387 e. The molecule has 2 aromatic heterocycles. The van der Waals surface area contributed by atoms with Crippen molar-refractivity contribution in [2.24, 2.45) is 0 Å². The molecule has 4 nitrogen and oxygen atoms in total. The van der Waals surface area contributed by atoms with Crippen molar-refractivity contribution in [2.45, 2.75) is 32.5 Å². The number of fused-ring (bicyclic) bond motifs is 1. The van der Waals surface area contributed by atoms with Crippen LogP contribution in [0, 0.1) is 12.7 Å². The number of halogens is 1. The molecule has 0 fully saturated rings. The summed E-state index contributed by atoms with van der Waals surface area (Å²) >= 11 is 0. The van der Waals surface area contributed by atoms with Gasteiger partial charge in [-0.25, -0.2) is 9.37 Å². The second kappa shape index (κ2) is 6.48. The number of rotatable bonds is 5. The Labute approximate surface area is 134 Å². The van der Waals surface area contributed by atoms with E-state index in [-0.39, 0.29) is 11.9 Å². The van der Waals surface area contributed by atoms with Gasteiger partial charge in [0.25, 0.3) is 0 Å². The van der Waals surface area contributed by atoms with Gasteiger partial charge in [0, 0.05) is 18.8 Å². The average Bonchev–Trinajstić information content (AvgIpc) is 2.97. The fraction of sp³-hybridized carbons (Fsp3) is 0.278. The molecule has 2 atom stereocenters. The van der Waals surface area contributed by atoms with Gasteiger partial charge >= 0.3 is 0 Å². The molecule has 0 spiro atoms. The number of hydrogen-bond donors (Lipinski definition) is 2. The predicted molar refractivity (Wildman–Crippen MR) is 87.6 cm³/mol. The zero-order valence-corrected chi connectivity index (χ0v) is 13.2. The van der Waals surface area contributed by atoms with Crippen molar-refractivity contribution >= 4 is 5.65 Å². The third-order valence-corrected chi connectivity index (χ3v) is 4.10. The van der Waals surface area contributed by atoms with Gasteiger partial charge in [0.15, 0.2) is 0 Å². The maximum absolute atomic E-state index is 13.0. The zero-order chi connectivity index (χ0) is 16.4. The normalized spacial score (nSPS) is 14.1. The molecule has 0 aliphatic heterocycles. The van der Waals surface area contributed by atoms with E-state index in [0.29, 0.717) is 12.1 Å². The van der Waals surface area contributed by atoms with E-state index in [4.69, 9.17) is 0 Å². The number of pyridine rings is 1. The van der Waals surface area contributed by atoms with Gasteiger partial charge in [0.05, 0.1) is 18.0 Å². The SMILES string of the molecule is Cc1cccn2c(CNC(C)C(O)c3ccc(F)cc3)cnc12. The molecule has 0 aliphatic carbocycles. The molecule has 23 heavy (non-hydrogen) atoms. The van der Waals surface area contributed by atoms with Crippen LogP contribution < -0.4 is 5.32 Å². The molecule has 5 heteroatoms. The molecule has 0 saturated heterocycles. The van der Waals surface area contributed by atoms with Gasteiger partial charge in [0.1, 0.15) is 11.5 Å². The highest BCUT2D eigenvalue weighted by Crippen LogP contribution is 2.18. The summed E-state index contributed by atoms with van der Waals surface area (Å²) in [7, 11) is 0. The zero-order valence-electron chi connectivity index (χ0n) is 13.2. The van der Waals surface area contributed by atoms with Crippen LogP contribution in [0.25, 0.3) is 5.65 Å². The summed E-state index contributed by atoms with van der Waals surface area (Å²) in [5.41, 5.74) is 3.79. The molecule has 0 radical (unpaired) electrons. The summed E-state index contributed by atoms with van der Waals surface area (Å²) in [4.78, 5) is 4.43. The van der Waals surface area contributed by atoms with Crippen molar-refractivity contribution in [3.8, 4) is 0 Å². The smallest absolute Gasteiger partial charge is 0.139 e. The highest BCUT2D eigenvalue weighted by atomic mass is 19.1. The average molecular weight is 313 g/mol. The number of nitrogens with one attached hydrogen (secondary N) is 1. The number of aromatic nitrogens is 2. The molecule has 2 unspecified atom stereocenters. The molecule has 0 bridgehead atoms. The van der Waals surface area contributed by atoms with E-state index in [1.54, 1.807) is 12.1 Å². The minimum atomic E-state index is -0.698. The summed E-state index contributed by atoms with van der Waals surface area (Å²) in [6.07, 6.45) is 3.12. The highest BCUT2D eigenvalue weighted by Gasteiger charge is 2.16. The van der Waals surface area contributed by atoms with Crippen LogP contribution in [0.4, 0.5) is 4.39 Å². The fourth-order valence-corrected chi connectivity index (χ4v) is 2.66. The Morgan fingerprint density at radius 3 is 2.74 bits per heavy atom. The summed E-state index contributed by atoms with van der Waals surface area (Å²) in [6.45, 7) is 4.52. The summed E-state index contributed by atoms with van der Waals surface area (Å²) in [5.74, 6) is -0.303. The Balaban J connectivity index is 1.69. The molecule has 0 aliphatic rings. The van der Waals surface area contributed by atoms with Gasteiger partial charge in [-0.05, 0) is 43.2 Å². The van der Waals surface area contributed by atoms with Crippen LogP contribution in [0.5, 0.6) is 0 Å². The van der Waals surface area contributed by atoms with E-state index in [0.717, 1.165) is 16.9 Å². The molecular weight excluding hydrogens is 293 g/mol. The van der Waals surface area contributed by atoms with Gasteiger partial charge < -0.3 is 14.8 Å². The van der Waals surface area contributed by atoms with Crippen LogP contribution in [0.3, 0.4) is 0 Å². The fourth-order valence-electron chi connectivity index (χ4n) is 2.66. The second-order valence-electron chi connectivity index (χ2n) is 5.80. The lowest BCUT2D eigenvalue weighted by molar-refractivity contribution is 0.135. The lowest BCUT2D eigenvalue weighted by atomic mass is 10.0. The van der Waals surface area contributed by atoms with Crippen LogP contribution >= 0.6 is 0 Å². The van der Waals surface area contributed by atoms with Crippen molar-refractivity contribution in [3.05, 3.63) is 71.4 Å². The number of imidazole rings is 1. The van der Waals surface area contributed by atoms with Gasteiger partial charge in [-0.15, -0.1) is 0 Å². The molecule has 1 aromatic carbocycles. The quantitative estimate of drug-likeness (QED) is 0.761. The van der Waals surface area contributed by atoms with E-state index in [2.05, 4.69) is 10.3 Å². The second-order valence-corrected chi connectivity index (χ2v) is 5.80. The van der Waals surface area contributed by atoms with Crippen molar-refractivity contribution < 1.29 is 9.50 Å². The van der Waals surface area contributed by atoms with Crippen LogP contribution in [0.1, 0.15) is 29.8 Å². The third kappa shape index (κ3) is 3.25. The standard InChI is InChI=1S/C18H20FN3O/c1-12-4-3-9-22-16(11-21-18(12)22)10-20-13(2)17(23)14-5-7-15(19)8-6-14/h3-9,11,13,17,20,23H,10H2,1-2H3. The Kier molecular flexibility index (Phi) is 4.41. The van der Waals surface area contributed by atoms with Crippen LogP contribution in [-0.4, -0.2) is 20.5 Å². The van der Waals surface area contributed by atoms with Crippen molar-refractivity contribution in [1.82, 2.24) is 14.7 Å². The molecular formula is C18H20FN3O. The van der Waals surface area contributed by atoms with Crippen molar-refractivity contribution in [3.63, 3.8) is 0 Å². The van der Waals surface area contributed by atoms with Crippen LogP contribution in [-0.2, 0) is 6.54 Å². The first-order chi connectivity index (χ1) is 11.1. The number of aliphatic hydroxyl groups excluding tert-OH is 1. The van der Waals surface area contributed by atoms with Crippen molar-refractivity contribution in [2.75, 3.05) is 0 Å². The predicted octanol–water partition coefficient (Wildman–Crippen LogP) is 2.99. The van der Waals surface area contributed by atoms with Crippen LogP contribution in [0.15, 0.2) is 48.8 Å². The van der Waals surface area contributed by atoms with Gasteiger partial charge in [-0.1, -0.05) is 18.2 Å². The Morgan fingerprint density at radius 1 is 1.26 bits per heavy atom. The molecule has 3 aromatic rings. The number of aliphatic hydroxyl groups is 1. The van der Waals surface area contributed by atoms with Gasteiger partial charge in [-0.2, -0.15) is 0 Å². The van der Waals surface area contributed by atoms with Gasteiger partial charge in [-0.3, -0.25) is 0 Å². The third-order valence-electron chi connectivity index (χ3n) is 4.10. The topological polar surface area (TPSA) is 49.6 Å². The Hall–Kier alpha value is -2.24. The maximum Gasteiger partial charge on any atom is 0.139 e. The Morgan fingerprint density at radius 2 is 2.00 bits per heavy atom. The van der Waals surface area contributed by atoms with E-state index in [1.165, 1.54) is 12.1 Å². The first-order valence-electron chi connectivity index (χ1n) is 7.64. The first kappa shape index (κ1) is 15.6. The number of aryl methyl sites for hydroxylation is 1. The van der Waals surface area contributed by atoms with Crippen LogP contribution in [0.2, 0.25) is 0 Å². The van der Waals surface area contributed by atoms with Gasteiger partial charge in [0.2, 0.25) is 0 Å². The molecule has 0 saturated carbocycles. The number of nitrogens with zero attached hydrogens (tertiary/aromatic N) is 2. The van der Waals surface area contributed by atoms with E-state index < -0.39 is 6.10 Å². The lowest BCUT2D eigenvalue weighted by Gasteiger charge is -2.20. The number of hydrogen-bond acceptors (Lipinski definition) is 3. The maximum atomic E-state index is 13.0. The summed E-state index contributed by atoms with van der Waals surface area (Å²) in [6, 6.07) is 9.78. The largest absolute Gasteiger partial charge is 0.387 e. The van der Waals surface area contributed by atoms with E-state index in [1.807, 2.05) is 42.8 Å². The molecule has 2 heterocycles. The monoisotopic (exact) mass is 313 g/mol. The highest BCUT2D eigenvalue weighted by molar-refractivity contribution is 5.48. The minimum absolute atomic E-state index is 0.171. The van der Waals surface area contributed by atoms with Crippen molar-refractivity contribution in [1.29, 1.82) is 0 Å². The Bertz CT molecular complexity index is 798. The lowest BCUT2D eigenvalue weighted by Crippen LogP contribution is -2.32. The summed E-state index contributed by atoms with van der Waals surface area (Å²) in [5, 5.41) is 13.7. The molecule has 3 rings (SSSR count). The van der Waals surface area contributed by atoms with E-state index >= 15 is 0 Å². The molecule has 2 N–H and O–H groups in total. The van der Waals surface area contributed by atoms with E-state index in [9.17, 15) is 9.50 Å². The number of benzene rings is 1. The first-order valence-corrected chi connectivity index (χ1v) is 7.64. The summed E-state index contributed by atoms with van der Waals surface area (Å²) < 4.78 is 15.0.